The average molecular weight is 375 g/mol. The molecule has 154 valence electrons. The van der Waals surface area contributed by atoms with Crippen LogP contribution >= 0.6 is 0 Å². The van der Waals surface area contributed by atoms with Crippen LogP contribution < -0.4 is 0 Å². The SMILES string of the molecule is C[C@H]1CCCC(O[C@@H]2C=C3CCCC(CCC4(C)CCCC4)[C@@]3(C)CC2)O1. The highest BCUT2D eigenvalue weighted by Crippen LogP contribution is 2.54. The number of ether oxygens (including phenoxy) is 2. The van der Waals surface area contributed by atoms with Crippen molar-refractivity contribution in [2.45, 2.75) is 129 Å². The highest BCUT2D eigenvalue weighted by atomic mass is 16.7. The van der Waals surface area contributed by atoms with Gasteiger partial charge in [-0.25, -0.2) is 0 Å². The molecule has 5 atom stereocenters. The lowest BCUT2D eigenvalue weighted by Gasteiger charge is -2.48. The van der Waals surface area contributed by atoms with Crippen LogP contribution in [0.3, 0.4) is 0 Å². The molecule has 1 heterocycles. The molecular weight excluding hydrogens is 332 g/mol. The zero-order valence-corrected chi connectivity index (χ0v) is 18.1. The van der Waals surface area contributed by atoms with Gasteiger partial charge in [0.25, 0.3) is 0 Å². The summed E-state index contributed by atoms with van der Waals surface area (Å²) in [5, 5.41) is 0. The standard InChI is InChI=1S/C25H42O2/c1-19-8-6-11-23(26-19)27-22-13-17-25(3)20(9-7-10-21(25)18-22)12-16-24(2)14-4-5-15-24/h18-20,22-23H,4-17H2,1-3H3/t19-,20?,22-,23?,25+/m0/s1. The van der Waals surface area contributed by atoms with Gasteiger partial charge in [-0.3, -0.25) is 0 Å². The Morgan fingerprint density at radius 3 is 2.59 bits per heavy atom. The smallest absolute Gasteiger partial charge is 0.158 e. The van der Waals surface area contributed by atoms with Gasteiger partial charge in [0.2, 0.25) is 0 Å². The van der Waals surface area contributed by atoms with Crippen LogP contribution in [-0.2, 0) is 9.47 Å². The fourth-order valence-corrected chi connectivity index (χ4v) is 6.63. The van der Waals surface area contributed by atoms with Gasteiger partial charge in [0.05, 0.1) is 12.2 Å². The lowest BCUT2D eigenvalue weighted by Crippen LogP contribution is -2.40. The maximum atomic E-state index is 6.39. The Labute approximate surface area is 167 Å². The van der Waals surface area contributed by atoms with Crippen LogP contribution in [0, 0.1) is 16.7 Å². The van der Waals surface area contributed by atoms with Gasteiger partial charge < -0.3 is 9.47 Å². The molecule has 2 nitrogen and oxygen atoms in total. The topological polar surface area (TPSA) is 18.5 Å². The Balaban J connectivity index is 1.38. The normalized spacial score (nSPS) is 41.8. The van der Waals surface area contributed by atoms with Crippen molar-refractivity contribution in [1.82, 2.24) is 0 Å². The van der Waals surface area contributed by atoms with Crippen molar-refractivity contribution in [3.05, 3.63) is 11.6 Å². The number of allylic oxidation sites excluding steroid dienone is 1. The number of fused-ring (bicyclic) bond motifs is 1. The summed E-state index contributed by atoms with van der Waals surface area (Å²) in [4.78, 5) is 0. The molecule has 2 saturated carbocycles. The van der Waals surface area contributed by atoms with E-state index in [0.29, 0.717) is 16.9 Å². The van der Waals surface area contributed by atoms with Crippen LogP contribution in [0.25, 0.3) is 0 Å². The lowest BCUT2D eigenvalue weighted by atomic mass is 9.58. The average Bonchev–Trinajstić information content (AvgIpc) is 3.07. The van der Waals surface area contributed by atoms with Crippen molar-refractivity contribution >= 4 is 0 Å². The first-order chi connectivity index (χ1) is 13.0. The van der Waals surface area contributed by atoms with Crippen molar-refractivity contribution in [1.29, 1.82) is 0 Å². The van der Waals surface area contributed by atoms with Crippen LogP contribution in [0.5, 0.6) is 0 Å². The number of hydrogen-bond donors (Lipinski definition) is 0. The lowest BCUT2D eigenvalue weighted by molar-refractivity contribution is -0.205. The van der Waals surface area contributed by atoms with E-state index < -0.39 is 0 Å². The summed E-state index contributed by atoms with van der Waals surface area (Å²) in [6.07, 6.45) is 22.1. The Morgan fingerprint density at radius 2 is 1.81 bits per heavy atom. The fraction of sp³-hybridized carbons (Fsp3) is 0.920. The van der Waals surface area contributed by atoms with Gasteiger partial charge in [0.15, 0.2) is 6.29 Å². The molecule has 3 aliphatic carbocycles. The van der Waals surface area contributed by atoms with Crippen molar-refractivity contribution < 1.29 is 9.47 Å². The van der Waals surface area contributed by atoms with Gasteiger partial charge in [-0.15, -0.1) is 0 Å². The largest absolute Gasteiger partial charge is 0.350 e. The van der Waals surface area contributed by atoms with E-state index in [2.05, 4.69) is 26.8 Å². The minimum absolute atomic E-state index is 0.0293. The summed E-state index contributed by atoms with van der Waals surface area (Å²) in [5.74, 6) is 0.891. The highest BCUT2D eigenvalue weighted by Gasteiger charge is 2.43. The Bertz CT molecular complexity index is 532. The quantitative estimate of drug-likeness (QED) is 0.475. The van der Waals surface area contributed by atoms with E-state index in [9.17, 15) is 0 Å². The predicted molar refractivity (Wildman–Crippen MR) is 112 cm³/mol. The molecule has 3 fully saturated rings. The molecule has 0 aromatic heterocycles. The zero-order chi connectivity index (χ0) is 18.9. The molecule has 0 N–H and O–H groups in total. The van der Waals surface area contributed by atoms with Crippen molar-refractivity contribution in [2.24, 2.45) is 16.7 Å². The van der Waals surface area contributed by atoms with Crippen molar-refractivity contribution in [2.75, 3.05) is 0 Å². The summed E-state index contributed by atoms with van der Waals surface area (Å²) in [7, 11) is 0. The predicted octanol–water partition coefficient (Wildman–Crippen LogP) is 7.17. The molecule has 2 unspecified atom stereocenters. The van der Waals surface area contributed by atoms with Crippen LogP contribution in [0.2, 0.25) is 0 Å². The fourth-order valence-electron chi connectivity index (χ4n) is 6.63. The van der Waals surface area contributed by atoms with Crippen LogP contribution in [0.4, 0.5) is 0 Å². The van der Waals surface area contributed by atoms with Gasteiger partial charge in [-0.05, 0) is 101 Å². The van der Waals surface area contributed by atoms with Crippen LogP contribution in [-0.4, -0.2) is 18.5 Å². The van der Waals surface area contributed by atoms with Crippen molar-refractivity contribution in [3.8, 4) is 0 Å². The van der Waals surface area contributed by atoms with E-state index in [0.717, 1.165) is 12.3 Å². The van der Waals surface area contributed by atoms with E-state index in [1.807, 2.05) is 0 Å². The zero-order valence-electron chi connectivity index (χ0n) is 18.1. The molecule has 0 amide bonds. The summed E-state index contributed by atoms with van der Waals surface area (Å²) >= 11 is 0. The molecule has 0 radical (unpaired) electrons. The van der Waals surface area contributed by atoms with E-state index in [-0.39, 0.29) is 12.4 Å². The van der Waals surface area contributed by atoms with Crippen molar-refractivity contribution in [3.63, 3.8) is 0 Å². The summed E-state index contributed by atoms with van der Waals surface area (Å²) in [5.41, 5.74) is 2.80. The van der Waals surface area contributed by atoms with E-state index in [1.165, 1.54) is 83.5 Å². The highest BCUT2D eigenvalue weighted by molar-refractivity contribution is 5.23. The second kappa shape index (κ2) is 8.19. The first kappa shape index (κ1) is 20.0. The first-order valence-corrected chi connectivity index (χ1v) is 12.0. The first-order valence-electron chi connectivity index (χ1n) is 12.0. The maximum Gasteiger partial charge on any atom is 0.158 e. The molecule has 1 saturated heterocycles. The third-order valence-electron chi connectivity index (χ3n) is 8.64. The summed E-state index contributed by atoms with van der Waals surface area (Å²) in [6, 6.07) is 0. The summed E-state index contributed by atoms with van der Waals surface area (Å²) < 4.78 is 12.4. The molecule has 0 aromatic carbocycles. The summed E-state index contributed by atoms with van der Waals surface area (Å²) in [6.45, 7) is 7.31. The molecule has 4 rings (SSSR count). The van der Waals surface area contributed by atoms with Crippen LogP contribution in [0.1, 0.15) is 111 Å². The van der Waals surface area contributed by atoms with Gasteiger partial charge >= 0.3 is 0 Å². The molecular formula is C25H42O2. The molecule has 0 aromatic rings. The van der Waals surface area contributed by atoms with E-state index in [1.54, 1.807) is 5.57 Å². The second-order valence-corrected chi connectivity index (χ2v) is 10.8. The van der Waals surface area contributed by atoms with Gasteiger partial charge in [-0.1, -0.05) is 38.3 Å². The van der Waals surface area contributed by atoms with Gasteiger partial charge in [0.1, 0.15) is 0 Å². The Morgan fingerprint density at radius 1 is 1.00 bits per heavy atom. The van der Waals surface area contributed by atoms with E-state index in [4.69, 9.17) is 9.47 Å². The molecule has 0 spiro atoms. The number of rotatable bonds is 5. The van der Waals surface area contributed by atoms with E-state index >= 15 is 0 Å². The minimum atomic E-state index is 0.0293. The minimum Gasteiger partial charge on any atom is -0.350 e. The second-order valence-electron chi connectivity index (χ2n) is 10.8. The third-order valence-corrected chi connectivity index (χ3v) is 8.64. The van der Waals surface area contributed by atoms with Gasteiger partial charge in [0, 0.05) is 0 Å². The molecule has 4 aliphatic rings. The van der Waals surface area contributed by atoms with Gasteiger partial charge in [-0.2, -0.15) is 0 Å². The Kier molecular flexibility index (Phi) is 6.05. The third kappa shape index (κ3) is 4.47. The number of hydrogen-bond acceptors (Lipinski definition) is 2. The maximum absolute atomic E-state index is 6.39. The molecule has 1 aliphatic heterocycles. The molecule has 27 heavy (non-hydrogen) atoms. The molecule has 2 heteroatoms. The monoisotopic (exact) mass is 374 g/mol. The Hall–Kier alpha value is -0.340. The van der Waals surface area contributed by atoms with Crippen LogP contribution in [0.15, 0.2) is 11.6 Å². The molecule has 0 bridgehead atoms.